The van der Waals surface area contributed by atoms with E-state index in [0.29, 0.717) is 11.4 Å². The molecule has 134 valence electrons. The molecule has 1 aliphatic heterocycles. The number of nitrogens with zero attached hydrogens (tertiary/aromatic N) is 1. The summed E-state index contributed by atoms with van der Waals surface area (Å²) in [5.41, 5.74) is 2.71. The van der Waals surface area contributed by atoms with Crippen molar-refractivity contribution >= 4 is 11.6 Å². The summed E-state index contributed by atoms with van der Waals surface area (Å²) in [5.74, 6) is 0.227. The molecule has 3 aromatic carbocycles. The number of rotatable bonds is 5. The lowest BCUT2D eigenvalue weighted by Crippen LogP contribution is -2.26. The lowest BCUT2D eigenvalue weighted by atomic mass is 9.95. The first-order valence-corrected chi connectivity index (χ1v) is 8.92. The van der Waals surface area contributed by atoms with Crippen molar-refractivity contribution in [3.63, 3.8) is 0 Å². The van der Waals surface area contributed by atoms with Crippen LogP contribution in [0.15, 0.2) is 89.9 Å². The van der Waals surface area contributed by atoms with Gasteiger partial charge in [-0.15, -0.1) is 0 Å². The van der Waals surface area contributed by atoms with Gasteiger partial charge in [-0.3, -0.25) is 9.79 Å². The van der Waals surface area contributed by atoms with Crippen LogP contribution in [0.3, 0.4) is 0 Å². The van der Waals surface area contributed by atoms with E-state index in [1.165, 1.54) is 24.3 Å². The molecule has 0 aromatic heterocycles. The zero-order chi connectivity index (χ0) is 18.6. The highest BCUT2D eigenvalue weighted by Gasteiger charge is 2.31. The van der Waals surface area contributed by atoms with Gasteiger partial charge >= 0.3 is 0 Å². The summed E-state index contributed by atoms with van der Waals surface area (Å²) < 4.78 is 13.1. The lowest BCUT2D eigenvalue weighted by Gasteiger charge is -2.19. The number of ketones is 1. The van der Waals surface area contributed by atoms with E-state index >= 15 is 0 Å². The fraction of sp³-hybridized carbons (Fsp3) is 0.130. The van der Waals surface area contributed by atoms with Gasteiger partial charge in [-0.05, 0) is 35.4 Å². The maximum absolute atomic E-state index is 13.1. The van der Waals surface area contributed by atoms with Gasteiger partial charge in [-0.2, -0.15) is 0 Å². The van der Waals surface area contributed by atoms with E-state index in [9.17, 15) is 9.18 Å². The Hall–Kier alpha value is -3.27. The quantitative estimate of drug-likeness (QED) is 0.660. The monoisotopic (exact) mass is 358 g/mol. The van der Waals surface area contributed by atoms with Crippen LogP contribution in [0.5, 0.6) is 0 Å². The highest BCUT2D eigenvalue weighted by atomic mass is 19.1. The number of hydrogen-bond donors (Lipinski definition) is 1. The Morgan fingerprint density at radius 1 is 0.852 bits per heavy atom. The van der Waals surface area contributed by atoms with Crippen LogP contribution >= 0.6 is 0 Å². The molecule has 4 heteroatoms. The van der Waals surface area contributed by atoms with E-state index in [-0.39, 0.29) is 30.1 Å². The second kappa shape index (κ2) is 7.54. The van der Waals surface area contributed by atoms with Crippen LogP contribution in [-0.2, 0) is 0 Å². The molecule has 0 unspecified atom stereocenters. The topological polar surface area (TPSA) is 41.5 Å². The lowest BCUT2D eigenvalue weighted by molar-refractivity contribution is 0.1000. The van der Waals surface area contributed by atoms with Crippen molar-refractivity contribution < 1.29 is 9.18 Å². The van der Waals surface area contributed by atoms with Crippen LogP contribution in [0.2, 0.25) is 0 Å². The van der Waals surface area contributed by atoms with Gasteiger partial charge in [0.05, 0.1) is 12.5 Å². The Kier molecular flexibility index (Phi) is 4.79. The molecule has 0 fully saturated rings. The van der Waals surface area contributed by atoms with E-state index in [4.69, 9.17) is 4.99 Å². The second-order valence-electron chi connectivity index (χ2n) is 6.57. The van der Waals surface area contributed by atoms with E-state index in [0.717, 1.165) is 11.1 Å². The molecule has 0 saturated carbocycles. The molecule has 4 rings (SSSR count). The molecule has 1 N–H and O–H groups in total. The Bertz CT molecular complexity index is 953. The Balaban J connectivity index is 1.60. The minimum absolute atomic E-state index is 0.0235. The smallest absolute Gasteiger partial charge is 0.170 e. The number of benzene rings is 3. The van der Waals surface area contributed by atoms with Crippen LogP contribution in [0, 0.1) is 5.82 Å². The van der Waals surface area contributed by atoms with Gasteiger partial charge < -0.3 is 5.32 Å². The Morgan fingerprint density at radius 3 is 2.07 bits per heavy atom. The van der Waals surface area contributed by atoms with E-state index in [2.05, 4.69) is 29.6 Å². The van der Waals surface area contributed by atoms with Crippen LogP contribution < -0.4 is 5.32 Å². The predicted molar refractivity (Wildman–Crippen MR) is 104 cm³/mol. The first-order chi connectivity index (χ1) is 13.2. The molecule has 0 saturated heterocycles. The fourth-order valence-electron chi connectivity index (χ4n) is 3.37. The number of halogens is 1. The van der Waals surface area contributed by atoms with Crippen molar-refractivity contribution in [2.75, 3.05) is 0 Å². The first kappa shape index (κ1) is 17.2. The van der Waals surface area contributed by atoms with Gasteiger partial charge in [0.25, 0.3) is 0 Å². The number of carbonyl (C=O) groups is 1. The number of nitrogens with one attached hydrogen (secondary N) is 1. The van der Waals surface area contributed by atoms with E-state index in [1.54, 1.807) is 0 Å². The number of hydrogen-bond acceptors (Lipinski definition) is 3. The summed E-state index contributed by atoms with van der Waals surface area (Å²) in [6.45, 7) is 0. The molecule has 0 spiro atoms. The fourth-order valence-corrected chi connectivity index (χ4v) is 3.37. The van der Waals surface area contributed by atoms with Crippen molar-refractivity contribution in [2.24, 2.45) is 4.99 Å². The molecule has 1 heterocycles. The molecule has 3 aromatic rings. The molecule has 0 radical (unpaired) electrons. The summed E-state index contributed by atoms with van der Waals surface area (Å²) in [7, 11) is 0. The molecule has 3 nitrogen and oxygen atoms in total. The van der Waals surface area contributed by atoms with Crippen LogP contribution in [-0.4, -0.2) is 11.6 Å². The zero-order valence-electron chi connectivity index (χ0n) is 14.7. The van der Waals surface area contributed by atoms with Gasteiger partial charge in [0, 0.05) is 5.56 Å². The number of amidine groups is 1. The standard InChI is InChI=1S/C23H19FN2O/c24-19-13-11-16(12-14-19)20(27)15-21-25-22(17-7-3-1-4-8-17)23(26-21)18-9-5-2-6-10-18/h1-14,22-23H,15H2,(H,25,26)/t22-,23+. The highest BCUT2D eigenvalue weighted by molar-refractivity contribution is 6.09. The number of aliphatic imine (C=N–C) groups is 1. The molecule has 0 aliphatic carbocycles. The molecule has 0 bridgehead atoms. The summed E-state index contributed by atoms with van der Waals surface area (Å²) in [5, 5.41) is 3.42. The Morgan fingerprint density at radius 2 is 1.44 bits per heavy atom. The zero-order valence-corrected chi connectivity index (χ0v) is 14.7. The van der Waals surface area contributed by atoms with Crippen molar-refractivity contribution in [2.45, 2.75) is 18.5 Å². The molecule has 0 amide bonds. The van der Waals surface area contributed by atoms with E-state index in [1.807, 2.05) is 36.4 Å². The minimum Gasteiger partial charge on any atom is -0.364 e. The van der Waals surface area contributed by atoms with Gasteiger partial charge in [-0.1, -0.05) is 60.7 Å². The average molecular weight is 358 g/mol. The maximum atomic E-state index is 13.1. The summed E-state index contributed by atoms with van der Waals surface area (Å²) >= 11 is 0. The molecular formula is C23H19FN2O. The molecular weight excluding hydrogens is 339 g/mol. The SMILES string of the molecule is O=C(CC1=N[C@@H](c2ccccc2)[C@@H](c2ccccc2)N1)c1ccc(F)cc1. The molecule has 27 heavy (non-hydrogen) atoms. The van der Waals surface area contributed by atoms with Crippen molar-refractivity contribution in [1.82, 2.24) is 5.32 Å². The normalized spacial score (nSPS) is 18.6. The van der Waals surface area contributed by atoms with Gasteiger partial charge in [0.15, 0.2) is 5.78 Å². The van der Waals surface area contributed by atoms with Crippen LogP contribution in [0.25, 0.3) is 0 Å². The first-order valence-electron chi connectivity index (χ1n) is 8.92. The third kappa shape index (κ3) is 3.80. The van der Waals surface area contributed by atoms with Gasteiger partial charge in [-0.25, -0.2) is 4.39 Å². The maximum Gasteiger partial charge on any atom is 0.170 e. The van der Waals surface area contributed by atoms with Gasteiger partial charge in [0.2, 0.25) is 0 Å². The predicted octanol–water partition coefficient (Wildman–Crippen LogP) is 4.88. The van der Waals surface area contributed by atoms with Crippen molar-refractivity contribution in [3.05, 3.63) is 107 Å². The third-order valence-electron chi connectivity index (χ3n) is 4.73. The van der Waals surface area contributed by atoms with Crippen molar-refractivity contribution in [1.29, 1.82) is 0 Å². The average Bonchev–Trinajstić information content (AvgIpc) is 3.13. The molecule has 1 aliphatic rings. The largest absolute Gasteiger partial charge is 0.364 e. The molecule has 2 atom stereocenters. The highest BCUT2D eigenvalue weighted by Crippen LogP contribution is 2.36. The summed E-state index contributed by atoms with van der Waals surface area (Å²) in [4.78, 5) is 17.4. The van der Waals surface area contributed by atoms with Gasteiger partial charge in [0.1, 0.15) is 17.7 Å². The third-order valence-corrected chi connectivity index (χ3v) is 4.73. The van der Waals surface area contributed by atoms with Crippen LogP contribution in [0.4, 0.5) is 4.39 Å². The number of carbonyl (C=O) groups excluding carboxylic acids is 1. The van der Waals surface area contributed by atoms with E-state index < -0.39 is 0 Å². The number of Topliss-reactive ketones (excluding diaryl/α,β-unsaturated/α-hetero) is 1. The Labute approximate surface area is 157 Å². The van der Waals surface area contributed by atoms with Crippen LogP contribution in [0.1, 0.15) is 40.0 Å². The summed E-state index contributed by atoms with van der Waals surface area (Å²) in [6.07, 6.45) is 0.165. The second-order valence-corrected chi connectivity index (χ2v) is 6.57. The van der Waals surface area contributed by atoms with Crippen molar-refractivity contribution in [3.8, 4) is 0 Å². The minimum atomic E-state index is -0.351. The summed E-state index contributed by atoms with van der Waals surface area (Å²) in [6, 6.07) is 25.7.